The Kier molecular flexibility index (Phi) is 6.47. The van der Waals surface area contributed by atoms with Crippen LogP contribution in [0.25, 0.3) is 22.4 Å². The normalized spacial score (nSPS) is 11.9. The van der Waals surface area contributed by atoms with E-state index in [-0.39, 0.29) is 16.5 Å². The SMILES string of the molecule is Cc1ccc(S(=O)(=O)/N=c2\oc(Nc3ccccc3)nc(-c3ccccc3)c2-c2ccccc2)cc1. The first-order valence-corrected chi connectivity index (χ1v) is 12.8. The van der Waals surface area contributed by atoms with Crippen LogP contribution in [0.1, 0.15) is 5.56 Å². The lowest BCUT2D eigenvalue weighted by atomic mass is 10.0. The molecule has 0 saturated carbocycles. The molecule has 0 radical (unpaired) electrons. The lowest BCUT2D eigenvalue weighted by Crippen LogP contribution is -2.15. The number of hydrogen-bond acceptors (Lipinski definition) is 5. The summed E-state index contributed by atoms with van der Waals surface area (Å²) >= 11 is 0. The molecule has 0 aliphatic rings. The van der Waals surface area contributed by atoms with Gasteiger partial charge in [0.05, 0.1) is 16.2 Å². The van der Waals surface area contributed by atoms with E-state index in [0.29, 0.717) is 11.3 Å². The van der Waals surface area contributed by atoms with Gasteiger partial charge in [0.15, 0.2) is 0 Å². The number of anilines is 2. The molecule has 178 valence electrons. The van der Waals surface area contributed by atoms with Gasteiger partial charge in [0.2, 0.25) is 5.55 Å². The quantitative estimate of drug-likeness (QED) is 0.298. The van der Waals surface area contributed by atoms with Gasteiger partial charge in [-0.05, 0) is 36.8 Å². The summed E-state index contributed by atoms with van der Waals surface area (Å²) in [5.74, 6) is 0. The second-order valence-corrected chi connectivity index (χ2v) is 9.75. The standard InChI is InChI=1S/C29H23N3O3S/c1-21-17-19-25(20-18-21)36(33,34)32-28-26(22-11-5-2-6-12-22)27(23-13-7-3-8-14-23)31-29(35-28)30-24-15-9-4-10-16-24/h2-20H,1H3,(H,30,31)/b32-28-. The number of para-hydroxylation sites is 1. The van der Waals surface area contributed by atoms with Gasteiger partial charge in [-0.25, -0.2) is 0 Å². The lowest BCUT2D eigenvalue weighted by Gasteiger charge is -2.12. The molecule has 0 bridgehead atoms. The minimum absolute atomic E-state index is 0.0611. The first kappa shape index (κ1) is 23.3. The highest BCUT2D eigenvalue weighted by molar-refractivity contribution is 7.90. The fourth-order valence-electron chi connectivity index (χ4n) is 3.73. The van der Waals surface area contributed by atoms with Gasteiger partial charge in [-0.3, -0.25) is 0 Å². The van der Waals surface area contributed by atoms with Gasteiger partial charge in [-0.2, -0.15) is 13.4 Å². The number of rotatable bonds is 6. The third-order valence-corrected chi connectivity index (χ3v) is 6.79. The monoisotopic (exact) mass is 493 g/mol. The molecule has 36 heavy (non-hydrogen) atoms. The molecular weight excluding hydrogens is 470 g/mol. The largest absolute Gasteiger partial charge is 0.405 e. The summed E-state index contributed by atoms with van der Waals surface area (Å²) in [4.78, 5) is 4.84. The number of hydrogen-bond donors (Lipinski definition) is 1. The first-order valence-electron chi connectivity index (χ1n) is 11.4. The van der Waals surface area contributed by atoms with Crippen molar-refractivity contribution in [3.8, 4) is 22.4 Å². The van der Waals surface area contributed by atoms with E-state index < -0.39 is 10.0 Å². The zero-order valence-corrected chi connectivity index (χ0v) is 20.3. The zero-order valence-electron chi connectivity index (χ0n) is 19.5. The summed E-state index contributed by atoms with van der Waals surface area (Å²) in [6.07, 6.45) is 0. The zero-order chi connectivity index (χ0) is 25.0. The minimum atomic E-state index is -4.07. The number of nitrogens with zero attached hydrogens (tertiary/aromatic N) is 2. The van der Waals surface area contributed by atoms with Crippen LogP contribution in [0, 0.1) is 6.92 Å². The van der Waals surface area contributed by atoms with Gasteiger partial charge < -0.3 is 9.73 Å². The van der Waals surface area contributed by atoms with E-state index in [0.717, 1.165) is 22.4 Å². The molecule has 0 fully saturated rings. The van der Waals surface area contributed by atoms with E-state index >= 15 is 0 Å². The summed E-state index contributed by atoms with van der Waals surface area (Å²) in [7, 11) is -4.07. The molecule has 5 rings (SSSR count). The van der Waals surface area contributed by atoms with Gasteiger partial charge in [-0.1, -0.05) is 96.6 Å². The van der Waals surface area contributed by atoms with Crippen molar-refractivity contribution in [3.63, 3.8) is 0 Å². The van der Waals surface area contributed by atoms with Crippen molar-refractivity contribution in [2.75, 3.05) is 5.32 Å². The molecule has 6 nitrogen and oxygen atoms in total. The molecule has 0 aliphatic heterocycles. The third-order valence-electron chi connectivity index (χ3n) is 5.51. The Morgan fingerprint density at radius 3 is 1.89 bits per heavy atom. The highest BCUT2D eigenvalue weighted by Gasteiger charge is 2.20. The van der Waals surface area contributed by atoms with Gasteiger partial charge in [0, 0.05) is 11.3 Å². The van der Waals surface area contributed by atoms with E-state index in [2.05, 4.69) is 9.71 Å². The summed E-state index contributed by atoms with van der Waals surface area (Å²) in [5, 5.41) is 3.13. The van der Waals surface area contributed by atoms with Crippen molar-refractivity contribution in [1.29, 1.82) is 0 Å². The summed E-state index contributed by atoms with van der Waals surface area (Å²) in [5.41, 5.74) is 4.19. The van der Waals surface area contributed by atoms with Crippen molar-refractivity contribution in [2.45, 2.75) is 11.8 Å². The molecule has 7 heteroatoms. The van der Waals surface area contributed by atoms with Crippen molar-refractivity contribution < 1.29 is 12.8 Å². The summed E-state index contributed by atoms with van der Waals surface area (Å²) in [6, 6.07) is 35.0. The van der Waals surface area contributed by atoms with Crippen LogP contribution in [0.4, 0.5) is 11.7 Å². The van der Waals surface area contributed by atoms with E-state index in [1.165, 1.54) is 0 Å². The Morgan fingerprint density at radius 2 is 1.28 bits per heavy atom. The summed E-state index contributed by atoms with van der Waals surface area (Å²) in [6.45, 7) is 1.90. The molecule has 0 aliphatic carbocycles. The highest BCUT2D eigenvalue weighted by atomic mass is 32.2. The highest BCUT2D eigenvalue weighted by Crippen LogP contribution is 2.30. The Bertz CT molecular complexity index is 1650. The number of sulfonamides is 1. The second kappa shape index (κ2) is 10.0. The molecule has 1 N–H and O–H groups in total. The average Bonchev–Trinajstić information content (AvgIpc) is 2.90. The van der Waals surface area contributed by atoms with Crippen LogP contribution in [-0.2, 0) is 10.0 Å². The van der Waals surface area contributed by atoms with Gasteiger partial charge >= 0.3 is 6.01 Å². The molecule has 5 aromatic rings. The lowest BCUT2D eigenvalue weighted by molar-refractivity contribution is 0.500. The number of nitrogens with one attached hydrogen (secondary N) is 1. The molecule has 1 aromatic heterocycles. The Labute approximate surface area is 209 Å². The van der Waals surface area contributed by atoms with E-state index in [1.54, 1.807) is 24.3 Å². The van der Waals surface area contributed by atoms with Crippen LogP contribution in [0.2, 0.25) is 0 Å². The molecule has 0 saturated heterocycles. The topological polar surface area (TPSA) is 84.6 Å². The molecule has 0 spiro atoms. The molecule has 0 atom stereocenters. The molecule has 1 heterocycles. The molecular formula is C29H23N3O3S. The van der Waals surface area contributed by atoms with Gasteiger partial charge in [0.25, 0.3) is 10.0 Å². The van der Waals surface area contributed by atoms with Crippen LogP contribution in [0.5, 0.6) is 0 Å². The van der Waals surface area contributed by atoms with E-state index in [4.69, 9.17) is 9.40 Å². The molecule has 4 aromatic carbocycles. The van der Waals surface area contributed by atoms with Crippen LogP contribution in [0.15, 0.2) is 129 Å². The predicted octanol–water partition coefficient (Wildman–Crippen LogP) is 6.35. The van der Waals surface area contributed by atoms with Crippen molar-refractivity contribution in [3.05, 3.63) is 126 Å². The number of aromatic nitrogens is 1. The van der Waals surface area contributed by atoms with E-state index in [1.807, 2.05) is 97.9 Å². The first-order chi connectivity index (χ1) is 17.5. The molecule has 0 unspecified atom stereocenters. The predicted molar refractivity (Wildman–Crippen MR) is 141 cm³/mol. The smallest absolute Gasteiger partial charge is 0.301 e. The summed E-state index contributed by atoms with van der Waals surface area (Å²) < 4.78 is 36.9. The maximum absolute atomic E-state index is 13.3. The van der Waals surface area contributed by atoms with Crippen molar-refractivity contribution >= 4 is 21.7 Å². The maximum Gasteiger partial charge on any atom is 0.301 e. The Hall–Kier alpha value is -4.49. The van der Waals surface area contributed by atoms with Gasteiger partial charge in [0.1, 0.15) is 0 Å². The Morgan fingerprint density at radius 1 is 0.722 bits per heavy atom. The van der Waals surface area contributed by atoms with Crippen molar-refractivity contribution in [1.82, 2.24) is 4.98 Å². The van der Waals surface area contributed by atoms with Gasteiger partial charge in [-0.15, -0.1) is 4.40 Å². The fourth-order valence-corrected chi connectivity index (χ4v) is 4.66. The minimum Gasteiger partial charge on any atom is -0.405 e. The van der Waals surface area contributed by atoms with Crippen LogP contribution in [-0.4, -0.2) is 13.4 Å². The number of aryl methyl sites for hydroxylation is 1. The second-order valence-electron chi connectivity index (χ2n) is 8.15. The van der Waals surface area contributed by atoms with Crippen LogP contribution < -0.4 is 10.9 Å². The van der Waals surface area contributed by atoms with Crippen LogP contribution in [0.3, 0.4) is 0 Å². The number of benzene rings is 4. The maximum atomic E-state index is 13.3. The average molecular weight is 494 g/mol. The van der Waals surface area contributed by atoms with Crippen molar-refractivity contribution in [2.24, 2.45) is 4.40 Å². The third kappa shape index (κ3) is 5.11. The Balaban J connectivity index is 1.81. The van der Waals surface area contributed by atoms with Crippen LogP contribution >= 0.6 is 0 Å². The molecule has 0 amide bonds. The fraction of sp³-hybridized carbons (Fsp3) is 0.0345. The van der Waals surface area contributed by atoms with E-state index in [9.17, 15) is 8.42 Å².